The molecule has 0 radical (unpaired) electrons. The predicted octanol–water partition coefficient (Wildman–Crippen LogP) is 5.66. The van der Waals surface area contributed by atoms with Gasteiger partial charge in [0.1, 0.15) is 17.7 Å². The maximum absolute atomic E-state index is 14.0. The highest BCUT2D eigenvalue weighted by Crippen LogP contribution is 2.29. The minimum Gasteiger partial charge on any atom is -0.446 e. The standard InChI is InChI=1S/C21H23F2NO2S/c1-14(24-11-9-18(10-12-27-2)26-21(24)25)15-3-5-16(6-4-15)19-8-7-17(22)13-20(19)23/h3-8,13-14,18H,9-12H2,1-2H3. The van der Waals surface area contributed by atoms with Crippen molar-refractivity contribution in [2.75, 3.05) is 18.6 Å². The molecule has 1 amide bonds. The third kappa shape index (κ3) is 4.61. The van der Waals surface area contributed by atoms with E-state index in [1.165, 1.54) is 12.1 Å². The molecule has 1 saturated heterocycles. The zero-order chi connectivity index (χ0) is 19.4. The van der Waals surface area contributed by atoms with E-state index >= 15 is 0 Å². The molecule has 0 aliphatic carbocycles. The van der Waals surface area contributed by atoms with Gasteiger partial charge in [-0.05, 0) is 48.6 Å². The molecule has 2 unspecified atom stereocenters. The third-order valence-electron chi connectivity index (χ3n) is 4.94. The fourth-order valence-corrected chi connectivity index (χ4v) is 3.79. The second-order valence-corrected chi connectivity index (χ2v) is 7.68. The molecule has 2 aromatic carbocycles. The van der Waals surface area contributed by atoms with Crippen molar-refractivity contribution < 1.29 is 18.3 Å². The molecule has 1 fully saturated rings. The van der Waals surface area contributed by atoms with Gasteiger partial charge in [0, 0.05) is 24.6 Å². The number of cyclic esters (lactones) is 1. The molecule has 1 aliphatic rings. The molecule has 144 valence electrons. The lowest BCUT2D eigenvalue weighted by Gasteiger charge is -2.35. The van der Waals surface area contributed by atoms with E-state index in [0.29, 0.717) is 17.7 Å². The molecule has 27 heavy (non-hydrogen) atoms. The smallest absolute Gasteiger partial charge is 0.410 e. The van der Waals surface area contributed by atoms with E-state index < -0.39 is 11.6 Å². The molecule has 3 nitrogen and oxygen atoms in total. The van der Waals surface area contributed by atoms with Gasteiger partial charge in [-0.2, -0.15) is 11.8 Å². The van der Waals surface area contributed by atoms with E-state index in [9.17, 15) is 13.6 Å². The summed E-state index contributed by atoms with van der Waals surface area (Å²) in [6.07, 6.45) is 3.47. The first-order valence-electron chi connectivity index (χ1n) is 9.01. The van der Waals surface area contributed by atoms with Gasteiger partial charge in [-0.15, -0.1) is 0 Å². The minimum absolute atomic E-state index is 0.00257. The summed E-state index contributed by atoms with van der Waals surface area (Å²) < 4.78 is 32.6. The average Bonchev–Trinajstić information content (AvgIpc) is 2.66. The van der Waals surface area contributed by atoms with E-state index in [1.807, 2.05) is 25.3 Å². The van der Waals surface area contributed by atoms with Crippen LogP contribution in [0, 0.1) is 11.6 Å². The first-order chi connectivity index (χ1) is 13.0. The number of carbonyl (C=O) groups excluding carboxylic acids is 1. The van der Waals surface area contributed by atoms with Crippen molar-refractivity contribution in [3.05, 3.63) is 59.7 Å². The second-order valence-electron chi connectivity index (χ2n) is 6.69. The van der Waals surface area contributed by atoms with Gasteiger partial charge in [-0.1, -0.05) is 24.3 Å². The van der Waals surface area contributed by atoms with Crippen molar-refractivity contribution in [2.24, 2.45) is 0 Å². The van der Waals surface area contributed by atoms with Gasteiger partial charge in [0.05, 0.1) is 6.04 Å². The van der Waals surface area contributed by atoms with Crippen LogP contribution in [0.25, 0.3) is 11.1 Å². The van der Waals surface area contributed by atoms with E-state index in [-0.39, 0.29) is 18.2 Å². The lowest BCUT2D eigenvalue weighted by atomic mass is 10.00. The van der Waals surface area contributed by atoms with E-state index in [4.69, 9.17) is 4.74 Å². The first-order valence-corrected chi connectivity index (χ1v) is 10.4. The largest absolute Gasteiger partial charge is 0.446 e. The number of ether oxygens (including phenoxy) is 1. The summed E-state index contributed by atoms with van der Waals surface area (Å²) >= 11 is 1.75. The van der Waals surface area contributed by atoms with Crippen molar-refractivity contribution in [1.82, 2.24) is 4.90 Å². The molecule has 0 spiro atoms. The monoisotopic (exact) mass is 391 g/mol. The fourth-order valence-electron chi connectivity index (χ4n) is 3.29. The number of halogens is 2. The summed E-state index contributed by atoms with van der Waals surface area (Å²) in [5.41, 5.74) is 1.97. The summed E-state index contributed by atoms with van der Waals surface area (Å²) in [6.45, 7) is 2.62. The topological polar surface area (TPSA) is 29.5 Å². The third-order valence-corrected chi connectivity index (χ3v) is 5.58. The number of rotatable bonds is 6. The Bertz CT molecular complexity index is 797. The number of amides is 1. The maximum atomic E-state index is 14.0. The molecule has 1 heterocycles. The van der Waals surface area contributed by atoms with Crippen LogP contribution in [0.2, 0.25) is 0 Å². The van der Waals surface area contributed by atoms with Gasteiger partial charge in [0.25, 0.3) is 0 Å². The summed E-state index contributed by atoms with van der Waals surface area (Å²) in [6, 6.07) is 10.7. The van der Waals surface area contributed by atoms with Crippen LogP contribution in [-0.2, 0) is 4.74 Å². The number of hydrogen-bond acceptors (Lipinski definition) is 3. The van der Waals surface area contributed by atoms with Crippen LogP contribution in [0.15, 0.2) is 42.5 Å². The Morgan fingerprint density at radius 2 is 1.96 bits per heavy atom. The average molecular weight is 391 g/mol. The highest BCUT2D eigenvalue weighted by Gasteiger charge is 2.30. The van der Waals surface area contributed by atoms with Crippen molar-refractivity contribution in [3.8, 4) is 11.1 Å². The van der Waals surface area contributed by atoms with Crippen LogP contribution >= 0.6 is 11.8 Å². The van der Waals surface area contributed by atoms with E-state index in [0.717, 1.165) is 30.2 Å². The van der Waals surface area contributed by atoms with Gasteiger partial charge in [0.15, 0.2) is 0 Å². The van der Waals surface area contributed by atoms with E-state index in [2.05, 4.69) is 0 Å². The van der Waals surface area contributed by atoms with Gasteiger partial charge >= 0.3 is 6.09 Å². The normalized spacial score (nSPS) is 18.3. The molecule has 0 bridgehead atoms. The highest BCUT2D eigenvalue weighted by molar-refractivity contribution is 7.98. The Kier molecular flexibility index (Phi) is 6.37. The number of carbonyl (C=O) groups is 1. The summed E-state index contributed by atoms with van der Waals surface area (Å²) in [5.74, 6) is -0.206. The zero-order valence-corrected chi connectivity index (χ0v) is 16.3. The molecular weight excluding hydrogens is 368 g/mol. The number of thioether (sulfide) groups is 1. The van der Waals surface area contributed by atoms with Crippen LogP contribution in [0.1, 0.15) is 31.4 Å². The van der Waals surface area contributed by atoms with Crippen molar-refractivity contribution in [2.45, 2.75) is 31.9 Å². The Balaban J connectivity index is 1.69. The Labute approximate surface area is 162 Å². The van der Waals surface area contributed by atoms with Crippen LogP contribution in [0.5, 0.6) is 0 Å². The molecule has 2 atom stereocenters. The molecule has 3 rings (SSSR count). The van der Waals surface area contributed by atoms with Crippen LogP contribution in [-0.4, -0.2) is 35.7 Å². The Morgan fingerprint density at radius 3 is 2.59 bits per heavy atom. The van der Waals surface area contributed by atoms with Gasteiger partial charge in [0.2, 0.25) is 0 Å². The number of hydrogen-bond donors (Lipinski definition) is 0. The highest BCUT2D eigenvalue weighted by atomic mass is 32.2. The van der Waals surface area contributed by atoms with Crippen molar-refractivity contribution in [3.63, 3.8) is 0 Å². The SMILES string of the molecule is CSCCC1CCN(C(C)c2ccc(-c3ccc(F)cc3F)cc2)C(=O)O1. The molecule has 0 N–H and O–H groups in total. The summed E-state index contributed by atoms with van der Waals surface area (Å²) in [7, 11) is 0. The lowest BCUT2D eigenvalue weighted by Crippen LogP contribution is -2.43. The predicted molar refractivity (Wildman–Crippen MR) is 105 cm³/mol. The molecule has 6 heteroatoms. The molecular formula is C21H23F2NO2S. The summed E-state index contributed by atoms with van der Waals surface area (Å²) in [4.78, 5) is 14.1. The van der Waals surface area contributed by atoms with Crippen molar-refractivity contribution in [1.29, 1.82) is 0 Å². The molecule has 0 saturated carbocycles. The van der Waals surface area contributed by atoms with Gasteiger partial charge in [-0.25, -0.2) is 13.6 Å². The number of benzene rings is 2. The van der Waals surface area contributed by atoms with E-state index in [1.54, 1.807) is 28.8 Å². The molecule has 0 aromatic heterocycles. The molecule has 2 aromatic rings. The quantitative estimate of drug-likeness (QED) is 0.637. The van der Waals surface area contributed by atoms with Crippen LogP contribution in [0.3, 0.4) is 0 Å². The Morgan fingerprint density at radius 1 is 1.22 bits per heavy atom. The lowest BCUT2D eigenvalue weighted by molar-refractivity contribution is 0.0124. The van der Waals surface area contributed by atoms with Gasteiger partial charge in [-0.3, -0.25) is 0 Å². The van der Waals surface area contributed by atoms with Crippen LogP contribution < -0.4 is 0 Å². The van der Waals surface area contributed by atoms with Crippen molar-refractivity contribution >= 4 is 17.9 Å². The van der Waals surface area contributed by atoms with Crippen LogP contribution in [0.4, 0.5) is 13.6 Å². The maximum Gasteiger partial charge on any atom is 0.410 e. The minimum atomic E-state index is -0.596. The second kappa shape index (κ2) is 8.74. The zero-order valence-electron chi connectivity index (χ0n) is 15.5. The summed E-state index contributed by atoms with van der Waals surface area (Å²) in [5, 5.41) is 0. The fraction of sp³-hybridized carbons (Fsp3) is 0.381. The van der Waals surface area contributed by atoms with Gasteiger partial charge < -0.3 is 9.64 Å². The number of nitrogens with zero attached hydrogens (tertiary/aromatic N) is 1. The first kappa shape index (κ1) is 19.7. The Hall–Kier alpha value is -2.08. The molecule has 1 aliphatic heterocycles.